The first kappa shape index (κ1) is 19.2. The molecule has 5 heteroatoms. The minimum Gasteiger partial charge on any atom is -0.496 e. The maximum Gasteiger partial charge on any atom is 0.317 e. The van der Waals surface area contributed by atoms with Crippen molar-refractivity contribution in [3.8, 4) is 5.75 Å². The summed E-state index contributed by atoms with van der Waals surface area (Å²) >= 11 is 1.71. The summed E-state index contributed by atoms with van der Waals surface area (Å²) < 4.78 is 5.39. The Morgan fingerprint density at radius 1 is 1.12 bits per heavy atom. The number of urea groups is 1. The highest BCUT2D eigenvalue weighted by Gasteiger charge is 2.11. The third-order valence-electron chi connectivity index (χ3n) is 4.09. The zero-order valence-electron chi connectivity index (χ0n) is 15.6. The average Bonchev–Trinajstić information content (AvgIpc) is 2.59. The van der Waals surface area contributed by atoms with Crippen molar-refractivity contribution in [2.24, 2.45) is 0 Å². The summed E-state index contributed by atoms with van der Waals surface area (Å²) in [4.78, 5) is 15.2. The van der Waals surface area contributed by atoms with Gasteiger partial charge in [0.2, 0.25) is 0 Å². The van der Waals surface area contributed by atoms with Gasteiger partial charge in [-0.2, -0.15) is 0 Å². The molecule has 2 aromatic rings. The fourth-order valence-electron chi connectivity index (χ4n) is 2.85. The lowest BCUT2D eigenvalue weighted by Gasteiger charge is -2.19. The summed E-state index contributed by atoms with van der Waals surface area (Å²) in [7, 11) is 3.49. The Morgan fingerprint density at radius 2 is 1.72 bits per heavy atom. The number of amides is 2. The van der Waals surface area contributed by atoms with Crippen molar-refractivity contribution >= 4 is 17.8 Å². The summed E-state index contributed by atoms with van der Waals surface area (Å²) in [6, 6.07) is 12.3. The number of methoxy groups -OCH3 is 1. The maximum atomic E-state index is 12.3. The Balaban J connectivity index is 1.93. The molecule has 134 valence electrons. The Morgan fingerprint density at radius 3 is 2.24 bits per heavy atom. The molecule has 0 unspecified atom stereocenters. The van der Waals surface area contributed by atoms with E-state index in [1.165, 1.54) is 4.90 Å². The van der Waals surface area contributed by atoms with Gasteiger partial charge in [-0.3, -0.25) is 0 Å². The van der Waals surface area contributed by atoms with E-state index in [0.717, 1.165) is 28.0 Å². The van der Waals surface area contributed by atoms with Crippen LogP contribution < -0.4 is 10.1 Å². The molecule has 0 saturated heterocycles. The highest BCUT2D eigenvalue weighted by molar-refractivity contribution is 7.98. The van der Waals surface area contributed by atoms with Gasteiger partial charge in [-0.1, -0.05) is 24.3 Å². The minimum atomic E-state index is -0.0833. The maximum absolute atomic E-state index is 12.3. The van der Waals surface area contributed by atoms with E-state index >= 15 is 0 Å². The Bertz CT molecular complexity index is 706. The number of hydrogen-bond acceptors (Lipinski definition) is 3. The number of carbonyl (C=O) groups is 1. The molecular weight excluding hydrogens is 332 g/mol. The highest BCUT2D eigenvalue weighted by atomic mass is 32.2. The zero-order valence-corrected chi connectivity index (χ0v) is 16.4. The van der Waals surface area contributed by atoms with Gasteiger partial charge in [0, 0.05) is 25.0 Å². The van der Waals surface area contributed by atoms with Crippen LogP contribution in [0.4, 0.5) is 4.79 Å². The SMILES string of the molecule is COc1c(C)cc(CN(C)C(=O)NCc2ccc(SC)cc2)cc1C. The molecular formula is C20H26N2O2S. The van der Waals surface area contributed by atoms with Crippen LogP contribution in [0, 0.1) is 13.8 Å². The molecule has 2 amide bonds. The van der Waals surface area contributed by atoms with E-state index in [1.54, 1.807) is 30.8 Å². The largest absolute Gasteiger partial charge is 0.496 e. The minimum absolute atomic E-state index is 0.0833. The fraction of sp³-hybridized carbons (Fsp3) is 0.350. The predicted molar refractivity (Wildman–Crippen MR) is 104 cm³/mol. The van der Waals surface area contributed by atoms with Crippen LogP contribution in [0.25, 0.3) is 0 Å². The molecule has 0 saturated carbocycles. The Kier molecular flexibility index (Phi) is 6.76. The van der Waals surface area contributed by atoms with Crippen LogP contribution in [0.15, 0.2) is 41.3 Å². The Labute approximate surface area is 154 Å². The van der Waals surface area contributed by atoms with Crippen LogP contribution in [0.5, 0.6) is 5.75 Å². The van der Waals surface area contributed by atoms with E-state index in [0.29, 0.717) is 13.1 Å². The Hall–Kier alpha value is -2.14. The van der Waals surface area contributed by atoms with E-state index in [9.17, 15) is 4.79 Å². The molecule has 0 bridgehead atoms. The first-order valence-electron chi connectivity index (χ1n) is 8.20. The van der Waals surface area contributed by atoms with Gasteiger partial charge < -0.3 is 15.0 Å². The smallest absolute Gasteiger partial charge is 0.317 e. The number of nitrogens with one attached hydrogen (secondary N) is 1. The number of nitrogens with zero attached hydrogens (tertiary/aromatic N) is 1. The molecule has 0 aliphatic heterocycles. The molecule has 0 aromatic heterocycles. The number of carbonyl (C=O) groups excluding carboxylic acids is 1. The van der Waals surface area contributed by atoms with Crippen molar-refractivity contribution in [2.75, 3.05) is 20.4 Å². The molecule has 2 rings (SSSR count). The molecule has 0 fully saturated rings. The number of thioether (sulfide) groups is 1. The van der Waals surface area contributed by atoms with E-state index in [4.69, 9.17) is 4.74 Å². The topological polar surface area (TPSA) is 41.6 Å². The van der Waals surface area contributed by atoms with Crippen molar-refractivity contribution in [1.29, 1.82) is 0 Å². The predicted octanol–water partition coefficient (Wildman–Crippen LogP) is 4.38. The number of hydrogen-bond donors (Lipinski definition) is 1. The second-order valence-electron chi connectivity index (χ2n) is 6.13. The van der Waals surface area contributed by atoms with E-state index in [-0.39, 0.29) is 6.03 Å². The van der Waals surface area contributed by atoms with Gasteiger partial charge in [-0.15, -0.1) is 11.8 Å². The van der Waals surface area contributed by atoms with Gasteiger partial charge in [0.25, 0.3) is 0 Å². The quantitative estimate of drug-likeness (QED) is 0.780. The number of benzene rings is 2. The second kappa shape index (κ2) is 8.81. The van der Waals surface area contributed by atoms with Gasteiger partial charge in [0.1, 0.15) is 5.75 Å². The van der Waals surface area contributed by atoms with Gasteiger partial charge in [-0.05, 0) is 54.5 Å². The van der Waals surface area contributed by atoms with E-state index in [2.05, 4.69) is 29.6 Å². The van der Waals surface area contributed by atoms with Crippen LogP contribution in [0.1, 0.15) is 22.3 Å². The number of ether oxygens (including phenoxy) is 1. The van der Waals surface area contributed by atoms with E-state index in [1.807, 2.05) is 32.2 Å². The average molecular weight is 359 g/mol. The molecule has 25 heavy (non-hydrogen) atoms. The molecule has 0 aliphatic rings. The first-order chi connectivity index (χ1) is 11.9. The lowest BCUT2D eigenvalue weighted by Crippen LogP contribution is -2.36. The molecule has 1 N–H and O–H groups in total. The van der Waals surface area contributed by atoms with Crippen LogP contribution in [0.3, 0.4) is 0 Å². The molecule has 0 heterocycles. The summed E-state index contributed by atoms with van der Waals surface area (Å²) in [5.74, 6) is 0.907. The van der Waals surface area contributed by atoms with Gasteiger partial charge >= 0.3 is 6.03 Å². The first-order valence-corrected chi connectivity index (χ1v) is 9.43. The summed E-state index contributed by atoms with van der Waals surface area (Å²) in [5.41, 5.74) is 4.36. The standard InChI is InChI=1S/C20H26N2O2S/c1-14-10-17(11-15(2)19(14)24-4)13-22(3)20(23)21-12-16-6-8-18(25-5)9-7-16/h6-11H,12-13H2,1-5H3,(H,21,23). The van der Waals surface area contributed by atoms with Gasteiger partial charge in [0.15, 0.2) is 0 Å². The second-order valence-corrected chi connectivity index (χ2v) is 7.01. The summed E-state index contributed by atoms with van der Waals surface area (Å²) in [6.45, 7) is 5.13. The van der Waals surface area contributed by atoms with Gasteiger partial charge in [0.05, 0.1) is 7.11 Å². The number of aryl methyl sites for hydroxylation is 2. The molecule has 0 spiro atoms. The molecule has 0 atom stereocenters. The summed E-state index contributed by atoms with van der Waals surface area (Å²) in [6.07, 6.45) is 2.05. The van der Waals surface area contributed by atoms with Crippen molar-refractivity contribution in [1.82, 2.24) is 10.2 Å². The normalized spacial score (nSPS) is 10.4. The summed E-state index contributed by atoms with van der Waals surface area (Å²) in [5, 5.41) is 2.96. The molecule has 2 aromatic carbocycles. The number of rotatable bonds is 6. The van der Waals surface area contributed by atoms with Crippen molar-refractivity contribution in [3.05, 3.63) is 58.7 Å². The lowest BCUT2D eigenvalue weighted by atomic mass is 10.1. The molecule has 0 aliphatic carbocycles. The molecule has 0 radical (unpaired) electrons. The molecule has 4 nitrogen and oxygen atoms in total. The fourth-order valence-corrected chi connectivity index (χ4v) is 3.26. The highest BCUT2D eigenvalue weighted by Crippen LogP contribution is 2.24. The third-order valence-corrected chi connectivity index (χ3v) is 4.84. The van der Waals surface area contributed by atoms with Crippen LogP contribution >= 0.6 is 11.8 Å². The third kappa shape index (κ3) is 5.16. The van der Waals surface area contributed by atoms with E-state index < -0.39 is 0 Å². The van der Waals surface area contributed by atoms with Gasteiger partial charge in [-0.25, -0.2) is 4.79 Å². The van der Waals surface area contributed by atoms with Crippen LogP contribution in [-0.2, 0) is 13.1 Å². The lowest BCUT2D eigenvalue weighted by molar-refractivity contribution is 0.206. The van der Waals surface area contributed by atoms with Crippen molar-refractivity contribution in [2.45, 2.75) is 31.8 Å². The van der Waals surface area contributed by atoms with Crippen LogP contribution in [0.2, 0.25) is 0 Å². The van der Waals surface area contributed by atoms with Crippen molar-refractivity contribution < 1.29 is 9.53 Å². The van der Waals surface area contributed by atoms with Crippen molar-refractivity contribution in [3.63, 3.8) is 0 Å². The monoisotopic (exact) mass is 358 g/mol. The van der Waals surface area contributed by atoms with Crippen LogP contribution in [-0.4, -0.2) is 31.3 Å². The zero-order chi connectivity index (χ0) is 18.4.